The zero-order valence-electron chi connectivity index (χ0n) is 4.20. The fourth-order valence-corrected chi connectivity index (χ4v) is 0.524. The van der Waals surface area contributed by atoms with Crippen molar-refractivity contribution in [3.05, 3.63) is 10.1 Å². The number of carboxylic acid groups (broad SMARTS) is 1. The monoisotopic (exact) mass is 188 g/mol. The third-order valence-electron chi connectivity index (χ3n) is 0.543. The van der Waals surface area contributed by atoms with Gasteiger partial charge >= 0.3 is 5.97 Å². The summed E-state index contributed by atoms with van der Waals surface area (Å²) in [6.07, 6.45) is 0. The Morgan fingerprint density at radius 3 is 2.00 bits per heavy atom. The molecule has 2 nitrogen and oxygen atoms in total. The van der Waals surface area contributed by atoms with E-state index in [0.717, 1.165) is 0 Å². The van der Waals surface area contributed by atoms with Crippen LogP contribution in [-0.2, 0) is 4.79 Å². The minimum absolute atomic E-state index is 0.0502. The molecule has 5 heteroatoms. The zero-order valence-corrected chi connectivity index (χ0v) is 6.46. The van der Waals surface area contributed by atoms with E-state index in [1.807, 2.05) is 0 Å². The molecule has 0 aliphatic heterocycles. The van der Waals surface area contributed by atoms with Gasteiger partial charge in [0.2, 0.25) is 0 Å². The maximum Gasteiger partial charge on any atom is 0.348 e. The molecule has 0 atom stereocenters. The number of rotatable bonds is 2. The van der Waals surface area contributed by atoms with E-state index in [1.54, 1.807) is 0 Å². The first-order valence-corrected chi connectivity index (χ1v) is 3.22. The highest BCUT2D eigenvalue weighted by molar-refractivity contribution is 6.48. The van der Waals surface area contributed by atoms with Gasteiger partial charge in [0.1, 0.15) is 5.03 Å². The van der Waals surface area contributed by atoms with E-state index < -0.39 is 11.0 Å². The average Bonchev–Trinajstić information content (AvgIpc) is 1.84. The largest absolute Gasteiger partial charge is 0.477 e. The molecule has 0 spiro atoms. The number of hydrogen-bond donors (Lipinski definition) is 1. The summed E-state index contributed by atoms with van der Waals surface area (Å²) in [5, 5.41) is 7.68. The second-order valence-electron chi connectivity index (χ2n) is 1.16. The minimum Gasteiger partial charge on any atom is -0.477 e. The van der Waals surface area contributed by atoms with Gasteiger partial charge in [-0.15, -0.1) is 11.6 Å². The molecular weight excluding hydrogens is 186 g/mol. The van der Waals surface area contributed by atoms with E-state index in [4.69, 9.17) is 39.9 Å². The van der Waals surface area contributed by atoms with Gasteiger partial charge < -0.3 is 5.11 Å². The number of halogens is 3. The first-order chi connectivity index (χ1) is 4.09. The van der Waals surface area contributed by atoms with Gasteiger partial charge in [-0.05, 0) is 0 Å². The lowest BCUT2D eigenvalue weighted by Crippen LogP contribution is -1.96. The first-order valence-electron chi connectivity index (χ1n) is 1.93. The lowest BCUT2D eigenvalue weighted by atomic mass is 10.5. The lowest BCUT2D eigenvalue weighted by Gasteiger charge is -1.91. The van der Waals surface area contributed by atoms with Crippen molar-refractivity contribution in [1.29, 1.82) is 0 Å². The smallest absolute Gasteiger partial charge is 0.348 e. The second-order valence-corrected chi connectivity index (χ2v) is 2.26. The third-order valence-corrected chi connectivity index (χ3v) is 1.76. The van der Waals surface area contributed by atoms with Crippen molar-refractivity contribution in [2.75, 3.05) is 5.88 Å². The van der Waals surface area contributed by atoms with Crippen LogP contribution in [0.3, 0.4) is 0 Å². The van der Waals surface area contributed by atoms with Crippen LogP contribution in [0.15, 0.2) is 10.1 Å². The molecule has 0 saturated heterocycles. The van der Waals surface area contributed by atoms with Gasteiger partial charge in [0, 0.05) is 0 Å². The Hall–Kier alpha value is 0.0800. The number of hydrogen-bond acceptors (Lipinski definition) is 1. The van der Waals surface area contributed by atoms with E-state index in [2.05, 4.69) is 0 Å². The summed E-state index contributed by atoms with van der Waals surface area (Å²) in [6, 6.07) is 0. The number of allylic oxidation sites excluding steroid dienone is 1. The molecule has 0 aliphatic rings. The molecule has 0 aromatic rings. The normalized spacial score (nSPS) is 12.8. The molecule has 0 rings (SSSR count). The average molecular weight is 189 g/mol. The van der Waals surface area contributed by atoms with Crippen LogP contribution < -0.4 is 0 Å². The van der Waals surface area contributed by atoms with Gasteiger partial charge in [-0.2, -0.15) is 0 Å². The van der Waals surface area contributed by atoms with E-state index >= 15 is 0 Å². The molecule has 0 saturated carbocycles. The molecule has 0 aromatic carbocycles. The van der Waals surface area contributed by atoms with Crippen LogP contribution in [0.1, 0.15) is 0 Å². The minimum atomic E-state index is -1.26. The highest BCUT2D eigenvalue weighted by Gasteiger charge is 2.07. The molecule has 0 radical (unpaired) electrons. The Balaban J connectivity index is 4.28. The highest BCUT2D eigenvalue weighted by atomic mass is 35.5. The standard InChI is InChI=1S/C4H3Cl3O2/c5-1-2(6)3(7)4(8)9/h1H2,(H,8,9)/b3-2+. The van der Waals surface area contributed by atoms with Crippen molar-refractivity contribution in [3.63, 3.8) is 0 Å². The van der Waals surface area contributed by atoms with Crippen LogP contribution >= 0.6 is 34.8 Å². The predicted octanol–water partition coefficient (Wildman–Crippen LogP) is 2.00. The summed E-state index contributed by atoms with van der Waals surface area (Å²) in [6.45, 7) is 0. The predicted molar refractivity (Wildman–Crippen MR) is 37.1 cm³/mol. The number of aliphatic carboxylic acids is 1. The molecular formula is C4H3Cl3O2. The summed E-state index contributed by atoms with van der Waals surface area (Å²) >= 11 is 15.5. The maximum absolute atomic E-state index is 9.97. The van der Waals surface area contributed by atoms with E-state index in [-0.39, 0.29) is 10.9 Å². The van der Waals surface area contributed by atoms with Crippen LogP contribution in [0, 0.1) is 0 Å². The molecule has 0 unspecified atom stereocenters. The van der Waals surface area contributed by atoms with Gasteiger partial charge in [0.25, 0.3) is 0 Å². The molecule has 0 aromatic heterocycles. The van der Waals surface area contributed by atoms with E-state index in [9.17, 15) is 4.79 Å². The molecule has 52 valence electrons. The van der Waals surface area contributed by atoms with Crippen molar-refractivity contribution < 1.29 is 9.90 Å². The SMILES string of the molecule is O=C(O)/C(Cl)=C(\Cl)CCl. The zero-order chi connectivity index (χ0) is 7.44. The first kappa shape index (κ1) is 9.08. The highest BCUT2D eigenvalue weighted by Crippen LogP contribution is 2.14. The maximum atomic E-state index is 9.97. The molecule has 9 heavy (non-hydrogen) atoms. The third kappa shape index (κ3) is 2.94. The van der Waals surface area contributed by atoms with Gasteiger partial charge in [-0.1, -0.05) is 23.2 Å². The number of carbonyl (C=O) groups is 1. The second kappa shape index (κ2) is 3.99. The van der Waals surface area contributed by atoms with Crippen molar-refractivity contribution in [2.45, 2.75) is 0 Å². The summed E-state index contributed by atoms with van der Waals surface area (Å²) in [5.41, 5.74) is 0. The fourth-order valence-electron chi connectivity index (χ4n) is 0.175. The van der Waals surface area contributed by atoms with Gasteiger partial charge in [0.05, 0.1) is 10.9 Å². The summed E-state index contributed by atoms with van der Waals surface area (Å²) in [5.74, 6) is -1.34. The molecule has 0 bridgehead atoms. The topological polar surface area (TPSA) is 37.3 Å². The van der Waals surface area contributed by atoms with Crippen molar-refractivity contribution >= 4 is 40.8 Å². The van der Waals surface area contributed by atoms with Crippen LogP contribution in [-0.4, -0.2) is 17.0 Å². The molecule has 0 heterocycles. The molecule has 0 fully saturated rings. The van der Waals surface area contributed by atoms with Gasteiger partial charge in [-0.25, -0.2) is 4.79 Å². The Morgan fingerprint density at radius 2 is 1.89 bits per heavy atom. The van der Waals surface area contributed by atoms with E-state index in [0.29, 0.717) is 0 Å². The van der Waals surface area contributed by atoms with Crippen LogP contribution in [0.25, 0.3) is 0 Å². The van der Waals surface area contributed by atoms with Crippen LogP contribution in [0.2, 0.25) is 0 Å². The Bertz CT molecular complexity index is 152. The summed E-state index contributed by atoms with van der Waals surface area (Å²) in [4.78, 5) is 9.97. The van der Waals surface area contributed by atoms with Gasteiger partial charge in [-0.3, -0.25) is 0 Å². The molecule has 1 N–H and O–H groups in total. The van der Waals surface area contributed by atoms with Gasteiger partial charge in [0.15, 0.2) is 0 Å². The van der Waals surface area contributed by atoms with Crippen molar-refractivity contribution in [1.82, 2.24) is 0 Å². The Labute approximate surface area is 67.0 Å². The summed E-state index contributed by atoms with van der Waals surface area (Å²) < 4.78 is 0. The Kier molecular flexibility index (Phi) is 4.02. The molecule has 0 amide bonds. The number of carboxylic acids is 1. The van der Waals surface area contributed by atoms with Crippen LogP contribution in [0.5, 0.6) is 0 Å². The van der Waals surface area contributed by atoms with Crippen molar-refractivity contribution in [2.24, 2.45) is 0 Å². The fraction of sp³-hybridized carbons (Fsp3) is 0.250. The lowest BCUT2D eigenvalue weighted by molar-refractivity contribution is -0.131. The van der Waals surface area contributed by atoms with Crippen LogP contribution in [0.4, 0.5) is 0 Å². The Morgan fingerprint density at radius 1 is 1.44 bits per heavy atom. The van der Waals surface area contributed by atoms with Crippen molar-refractivity contribution in [3.8, 4) is 0 Å². The summed E-state index contributed by atoms with van der Waals surface area (Å²) in [7, 11) is 0. The van der Waals surface area contributed by atoms with E-state index in [1.165, 1.54) is 0 Å². The number of alkyl halides is 1. The quantitative estimate of drug-likeness (QED) is 0.533. The molecule has 0 aliphatic carbocycles.